The maximum atomic E-state index is 12.2. The highest BCUT2D eigenvalue weighted by Crippen LogP contribution is 2.19. The molecule has 19 heavy (non-hydrogen) atoms. The fourth-order valence-corrected chi connectivity index (χ4v) is 2.51. The number of rotatable bonds is 3. The summed E-state index contributed by atoms with van der Waals surface area (Å²) in [5.41, 5.74) is 5.94. The molecule has 0 aromatic carbocycles. The summed E-state index contributed by atoms with van der Waals surface area (Å²) >= 11 is 0. The van der Waals surface area contributed by atoms with Crippen LogP contribution in [0.15, 0.2) is 23.1 Å². The van der Waals surface area contributed by atoms with Gasteiger partial charge in [0.2, 0.25) is 5.91 Å². The normalized spacial score (nSPS) is 16.6. The summed E-state index contributed by atoms with van der Waals surface area (Å²) in [6, 6.07) is 2.95. The molecule has 2 N–H and O–H groups in total. The fraction of sp³-hybridized carbons (Fsp3) is 0.571. The van der Waals surface area contributed by atoms with Gasteiger partial charge in [0.1, 0.15) is 6.54 Å². The molecule has 0 radical (unpaired) electrons. The van der Waals surface area contributed by atoms with E-state index in [2.05, 4.69) is 6.92 Å². The Morgan fingerprint density at radius 1 is 1.37 bits per heavy atom. The van der Waals surface area contributed by atoms with Gasteiger partial charge in [0.25, 0.3) is 5.56 Å². The molecule has 0 atom stereocenters. The summed E-state index contributed by atoms with van der Waals surface area (Å²) < 4.78 is 1.38. The highest BCUT2D eigenvalue weighted by atomic mass is 16.2. The number of aromatic nitrogens is 1. The molecule has 1 amide bonds. The van der Waals surface area contributed by atoms with E-state index in [4.69, 9.17) is 5.73 Å². The van der Waals surface area contributed by atoms with Crippen LogP contribution in [0.5, 0.6) is 0 Å². The first-order valence-corrected chi connectivity index (χ1v) is 6.84. The molecule has 104 valence electrons. The zero-order valence-electron chi connectivity index (χ0n) is 11.3. The third-order valence-corrected chi connectivity index (χ3v) is 3.86. The number of anilines is 1. The van der Waals surface area contributed by atoms with Gasteiger partial charge in [0, 0.05) is 31.0 Å². The van der Waals surface area contributed by atoms with Gasteiger partial charge in [0.05, 0.1) is 0 Å². The van der Waals surface area contributed by atoms with Crippen LogP contribution in [0.3, 0.4) is 0 Å². The number of nitrogen functional groups attached to an aromatic ring is 1. The summed E-state index contributed by atoms with van der Waals surface area (Å²) in [5, 5.41) is 0. The maximum absolute atomic E-state index is 12.2. The number of pyridine rings is 1. The quantitative estimate of drug-likeness (QED) is 0.887. The predicted octanol–water partition coefficient (Wildman–Crippen LogP) is 1.08. The molecule has 0 bridgehead atoms. The van der Waals surface area contributed by atoms with Crippen molar-refractivity contribution in [3.8, 4) is 0 Å². The lowest BCUT2D eigenvalue weighted by molar-refractivity contribution is -0.133. The summed E-state index contributed by atoms with van der Waals surface area (Å²) in [5.74, 6) is 0.737. The van der Waals surface area contributed by atoms with Gasteiger partial charge in [-0.05, 0) is 24.8 Å². The van der Waals surface area contributed by atoms with Gasteiger partial charge in [-0.15, -0.1) is 0 Å². The van der Waals surface area contributed by atoms with E-state index >= 15 is 0 Å². The summed E-state index contributed by atoms with van der Waals surface area (Å²) in [7, 11) is 0. The van der Waals surface area contributed by atoms with E-state index in [9.17, 15) is 9.59 Å². The number of piperidine rings is 1. The molecule has 0 spiro atoms. The summed E-state index contributed by atoms with van der Waals surface area (Å²) in [4.78, 5) is 25.6. The minimum absolute atomic E-state index is 0.00209. The van der Waals surface area contributed by atoms with E-state index in [1.54, 1.807) is 6.07 Å². The second-order valence-corrected chi connectivity index (χ2v) is 5.16. The van der Waals surface area contributed by atoms with Gasteiger partial charge in [-0.3, -0.25) is 9.59 Å². The summed E-state index contributed by atoms with van der Waals surface area (Å²) in [6.07, 6.45) is 4.83. The number of hydrogen-bond acceptors (Lipinski definition) is 3. The van der Waals surface area contributed by atoms with Gasteiger partial charge in [-0.1, -0.05) is 13.3 Å². The largest absolute Gasteiger partial charge is 0.398 e. The Morgan fingerprint density at radius 3 is 2.68 bits per heavy atom. The Bertz CT molecular complexity index is 502. The standard InChI is InChI=1S/C14H21N3O2/c1-2-11-5-7-16(8-6-11)14(19)10-17-9-12(15)3-4-13(17)18/h3-4,9,11H,2,5-8,10,15H2,1H3. The van der Waals surface area contributed by atoms with Crippen LogP contribution >= 0.6 is 0 Å². The molecule has 2 heterocycles. The van der Waals surface area contributed by atoms with Crippen molar-refractivity contribution in [2.45, 2.75) is 32.7 Å². The molecule has 1 aliphatic heterocycles. The minimum Gasteiger partial charge on any atom is -0.398 e. The maximum Gasteiger partial charge on any atom is 0.251 e. The molecule has 1 saturated heterocycles. The van der Waals surface area contributed by atoms with Gasteiger partial charge in [0.15, 0.2) is 0 Å². The Labute approximate surface area is 113 Å². The first kappa shape index (κ1) is 13.6. The average molecular weight is 263 g/mol. The van der Waals surface area contributed by atoms with Crippen LogP contribution in [-0.4, -0.2) is 28.5 Å². The zero-order valence-corrected chi connectivity index (χ0v) is 11.3. The van der Waals surface area contributed by atoms with Gasteiger partial charge in [-0.2, -0.15) is 0 Å². The molecule has 2 rings (SSSR count). The van der Waals surface area contributed by atoms with E-state index in [0.29, 0.717) is 5.69 Å². The van der Waals surface area contributed by atoms with Crippen LogP contribution < -0.4 is 11.3 Å². The SMILES string of the molecule is CCC1CCN(C(=O)Cn2cc(N)ccc2=O)CC1. The smallest absolute Gasteiger partial charge is 0.251 e. The predicted molar refractivity (Wildman–Crippen MR) is 74.7 cm³/mol. The van der Waals surface area contributed by atoms with E-state index in [1.807, 2.05) is 4.90 Å². The number of nitrogens with two attached hydrogens (primary N) is 1. The Kier molecular flexibility index (Phi) is 4.24. The number of likely N-dealkylation sites (tertiary alicyclic amines) is 1. The van der Waals surface area contributed by atoms with Crippen LogP contribution in [0.2, 0.25) is 0 Å². The molecule has 1 fully saturated rings. The van der Waals surface area contributed by atoms with Crippen molar-refractivity contribution in [3.05, 3.63) is 28.7 Å². The van der Waals surface area contributed by atoms with E-state index in [1.165, 1.54) is 23.3 Å². The first-order chi connectivity index (χ1) is 9.10. The van der Waals surface area contributed by atoms with Crippen LogP contribution in [-0.2, 0) is 11.3 Å². The van der Waals surface area contributed by atoms with Crippen molar-refractivity contribution < 1.29 is 4.79 Å². The zero-order chi connectivity index (χ0) is 13.8. The topological polar surface area (TPSA) is 68.3 Å². The molecule has 1 aromatic heterocycles. The van der Waals surface area contributed by atoms with Gasteiger partial charge < -0.3 is 15.2 Å². The molecule has 0 unspecified atom stereocenters. The molecule has 5 heteroatoms. The van der Waals surface area contributed by atoms with E-state index in [-0.39, 0.29) is 18.0 Å². The number of hydrogen-bond donors (Lipinski definition) is 1. The average Bonchev–Trinajstić information content (AvgIpc) is 2.43. The van der Waals surface area contributed by atoms with Crippen molar-refractivity contribution >= 4 is 11.6 Å². The highest BCUT2D eigenvalue weighted by Gasteiger charge is 2.21. The van der Waals surface area contributed by atoms with E-state index in [0.717, 1.165) is 31.8 Å². The molecule has 0 saturated carbocycles. The molecule has 1 aliphatic rings. The molecule has 5 nitrogen and oxygen atoms in total. The molecule has 0 aliphatic carbocycles. The first-order valence-electron chi connectivity index (χ1n) is 6.84. The van der Waals surface area contributed by atoms with Crippen molar-refractivity contribution in [1.82, 2.24) is 9.47 Å². The lowest BCUT2D eigenvalue weighted by atomic mass is 9.94. The van der Waals surface area contributed by atoms with Crippen molar-refractivity contribution in [1.29, 1.82) is 0 Å². The Hall–Kier alpha value is -1.78. The Morgan fingerprint density at radius 2 is 2.05 bits per heavy atom. The third kappa shape index (κ3) is 3.36. The second-order valence-electron chi connectivity index (χ2n) is 5.16. The molecular weight excluding hydrogens is 242 g/mol. The van der Waals surface area contributed by atoms with Crippen LogP contribution in [0, 0.1) is 5.92 Å². The van der Waals surface area contributed by atoms with Crippen molar-refractivity contribution in [2.24, 2.45) is 5.92 Å². The number of carbonyl (C=O) groups is 1. The fourth-order valence-electron chi connectivity index (χ4n) is 2.51. The second kappa shape index (κ2) is 5.91. The van der Waals surface area contributed by atoms with Crippen LogP contribution in [0.1, 0.15) is 26.2 Å². The lowest BCUT2D eigenvalue weighted by Gasteiger charge is -2.31. The van der Waals surface area contributed by atoms with Crippen molar-refractivity contribution in [3.63, 3.8) is 0 Å². The monoisotopic (exact) mass is 263 g/mol. The lowest BCUT2D eigenvalue weighted by Crippen LogP contribution is -2.41. The van der Waals surface area contributed by atoms with Crippen LogP contribution in [0.4, 0.5) is 5.69 Å². The molecule has 1 aromatic rings. The number of amides is 1. The van der Waals surface area contributed by atoms with Gasteiger partial charge in [-0.25, -0.2) is 0 Å². The third-order valence-electron chi connectivity index (χ3n) is 3.86. The summed E-state index contributed by atoms with van der Waals surface area (Å²) in [6.45, 7) is 3.87. The number of nitrogens with zero attached hydrogens (tertiary/aromatic N) is 2. The van der Waals surface area contributed by atoms with Crippen molar-refractivity contribution in [2.75, 3.05) is 18.8 Å². The van der Waals surface area contributed by atoms with E-state index < -0.39 is 0 Å². The van der Waals surface area contributed by atoms with Crippen LogP contribution in [0.25, 0.3) is 0 Å². The van der Waals surface area contributed by atoms with Gasteiger partial charge >= 0.3 is 0 Å². The minimum atomic E-state index is -0.189. The molecular formula is C14H21N3O2. The Balaban J connectivity index is 1.98. The number of carbonyl (C=O) groups excluding carboxylic acids is 1. The highest BCUT2D eigenvalue weighted by molar-refractivity contribution is 5.76.